The predicted octanol–water partition coefficient (Wildman–Crippen LogP) is 3.77. The number of ether oxygens (including phenoxy) is 1. The minimum atomic E-state index is -3.83. The highest BCUT2D eigenvalue weighted by atomic mass is 32.2. The number of hydrogen-bond acceptors (Lipinski definition) is 7. The minimum Gasteiger partial charge on any atom is -0.384 e. The van der Waals surface area contributed by atoms with Crippen molar-refractivity contribution >= 4 is 27.9 Å². The average Bonchev–Trinajstić information content (AvgIpc) is 3.57. The minimum absolute atomic E-state index is 0.184. The molecule has 1 aromatic carbocycles. The Morgan fingerprint density at radius 1 is 1.24 bits per heavy atom. The second kappa shape index (κ2) is 11.3. The number of benzene rings is 1. The Kier molecular flexibility index (Phi) is 8.70. The van der Waals surface area contributed by atoms with Crippen molar-refractivity contribution in [1.29, 1.82) is 0 Å². The number of aromatic nitrogens is 2. The van der Waals surface area contributed by atoms with Crippen molar-refractivity contribution in [2.24, 2.45) is 5.41 Å². The molecule has 2 fully saturated rings. The van der Waals surface area contributed by atoms with Crippen LogP contribution in [0.2, 0.25) is 0 Å². The number of aliphatic hydroxyl groups is 1. The Morgan fingerprint density at radius 2 is 1.87 bits per heavy atom. The largest absolute Gasteiger partial charge is 0.384 e. The van der Waals surface area contributed by atoms with Crippen molar-refractivity contribution in [1.82, 2.24) is 18.4 Å². The van der Waals surface area contributed by atoms with E-state index in [-0.39, 0.29) is 24.8 Å². The molecule has 3 unspecified atom stereocenters. The number of methoxy groups -OCH3 is 1. The third-order valence-corrected chi connectivity index (χ3v) is 10.8. The fourth-order valence-corrected chi connectivity index (χ4v) is 8.34. The van der Waals surface area contributed by atoms with Gasteiger partial charge >= 0.3 is 0 Å². The molecule has 1 N–H and O–H groups in total. The Morgan fingerprint density at radius 3 is 2.47 bits per heavy atom. The third-order valence-electron chi connectivity index (χ3n) is 7.42. The molecule has 0 saturated carbocycles. The van der Waals surface area contributed by atoms with E-state index in [0.717, 1.165) is 24.0 Å². The number of hydrogen-bond donors (Lipinski definition) is 1. The first kappa shape index (κ1) is 29.2. The van der Waals surface area contributed by atoms with Crippen LogP contribution in [0.1, 0.15) is 67.6 Å². The fraction of sp³-hybridized carbons (Fsp3) is 0.615. The number of nitrogens with zero attached hydrogens (tertiary/aromatic N) is 4. The lowest BCUT2D eigenvalue weighted by Crippen LogP contribution is -2.48. The van der Waals surface area contributed by atoms with Crippen LogP contribution in [0.5, 0.6) is 0 Å². The van der Waals surface area contributed by atoms with Crippen LogP contribution < -0.4 is 0 Å². The van der Waals surface area contributed by atoms with E-state index in [1.807, 2.05) is 6.92 Å². The van der Waals surface area contributed by atoms with Crippen LogP contribution in [0.25, 0.3) is 0 Å². The molecule has 2 saturated heterocycles. The standard InChI is InChI=1S/C26H37FN4O5S2/c1-17-23(21-14-22(32)31(18(21)2)38(34,35)29-12-6-7-13-29)28-30(25(33)26(3,4)16-36-5)24(17)37-15-19-8-10-20(27)11-9-19/h8-11,18,21-22,32H,6-7,12-16H2,1-5H3. The van der Waals surface area contributed by atoms with Gasteiger partial charge in [-0.05, 0) is 64.7 Å². The van der Waals surface area contributed by atoms with Crippen LogP contribution in [-0.4, -0.2) is 76.9 Å². The van der Waals surface area contributed by atoms with Crippen LogP contribution in [-0.2, 0) is 20.7 Å². The average molecular weight is 569 g/mol. The summed E-state index contributed by atoms with van der Waals surface area (Å²) in [5, 5.41) is 16.3. The van der Waals surface area contributed by atoms with Gasteiger partial charge < -0.3 is 9.84 Å². The van der Waals surface area contributed by atoms with E-state index in [1.165, 1.54) is 44.3 Å². The lowest BCUT2D eigenvalue weighted by molar-refractivity contribution is 0.0513. The van der Waals surface area contributed by atoms with E-state index in [0.29, 0.717) is 29.6 Å². The van der Waals surface area contributed by atoms with Gasteiger partial charge in [-0.2, -0.15) is 26.8 Å². The van der Waals surface area contributed by atoms with Gasteiger partial charge in [-0.25, -0.2) is 4.39 Å². The molecular weight excluding hydrogens is 531 g/mol. The highest BCUT2D eigenvalue weighted by molar-refractivity contribution is 7.98. The molecule has 0 aliphatic carbocycles. The lowest BCUT2D eigenvalue weighted by atomic mass is 9.94. The summed E-state index contributed by atoms with van der Waals surface area (Å²) in [5.41, 5.74) is 1.39. The highest BCUT2D eigenvalue weighted by Crippen LogP contribution is 2.42. The van der Waals surface area contributed by atoms with Gasteiger partial charge in [0.1, 0.15) is 17.1 Å². The summed E-state index contributed by atoms with van der Waals surface area (Å²) in [6.07, 6.45) is 0.613. The molecule has 0 amide bonds. The summed E-state index contributed by atoms with van der Waals surface area (Å²) in [7, 11) is -2.29. The first-order valence-electron chi connectivity index (χ1n) is 12.9. The smallest absolute Gasteiger partial charge is 0.284 e. The summed E-state index contributed by atoms with van der Waals surface area (Å²) < 4.78 is 49.4. The molecule has 9 nitrogen and oxygen atoms in total. The normalized spacial score (nSPS) is 23.4. The molecule has 2 aromatic rings. The van der Waals surface area contributed by atoms with E-state index in [1.54, 1.807) is 32.9 Å². The van der Waals surface area contributed by atoms with Gasteiger partial charge in [0.05, 0.1) is 17.7 Å². The van der Waals surface area contributed by atoms with E-state index in [4.69, 9.17) is 9.84 Å². The number of carbonyl (C=O) groups is 1. The Hall–Kier alpha value is -1.83. The molecule has 4 rings (SSSR count). The molecule has 2 aliphatic rings. The summed E-state index contributed by atoms with van der Waals surface area (Å²) in [4.78, 5) is 13.7. The fourth-order valence-electron chi connectivity index (χ4n) is 5.33. The molecule has 210 valence electrons. The number of rotatable bonds is 9. The molecule has 3 heterocycles. The zero-order valence-electron chi connectivity index (χ0n) is 22.6. The number of thioether (sulfide) groups is 1. The van der Waals surface area contributed by atoms with Crippen LogP contribution >= 0.6 is 11.8 Å². The quantitative estimate of drug-likeness (QED) is 0.459. The number of halogens is 1. The molecule has 2 aliphatic heterocycles. The van der Waals surface area contributed by atoms with Gasteiger partial charge in [-0.3, -0.25) is 4.79 Å². The van der Waals surface area contributed by atoms with E-state index in [9.17, 15) is 22.7 Å². The highest BCUT2D eigenvalue weighted by Gasteiger charge is 2.49. The van der Waals surface area contributed by atoms with Gasteiger partial charge in [0.15, 0.2) is 0 Å². The van der Waals surface area contributed by atoms with E-state index in [2.05, 4.69) is 0 Å². The first-order chi connectivity index (χ1) is 17.9. The molecule has 1 aromatic heterocycles. The van der Waals surface area contributed by atoms with Crippen molar-refractivity contribution < 1.29 is 27.4 Å². The maximum absolute atomic E-state index is 13.7. The molecule has 0 bridgehead atoms. The monoisotopic (exact) mass is 568 g/mol. The van der Waals surface area contributed by atoms with Gasteiger partial charge in [0.25, 0.3) is 16.1 Å². The van der Waals surface area contributed by atoms with Crippen molar-refractivity contribution in [2.75, 3.05) is 26.8 Å². The van der Waals surface area contributed by atoms with Crippen molar-refractivity contribution in [3.05, 3.63) is 46.9 Å². The van der Waals surface area contributed by atoms with Crippen LogP contribution in [0.15, 0.2) is 29.3 Å². The summed E-state index contributed by atoms with van der Waals surface area (Å²) >= 11 is 1.42. The predicted molar refractivity (Wildman–Crippen MR) is 144 cm³/mol. The summed E-state index contributed by atoms with van der Waals surface area (Å²) in [6.45, 7) is 8.33. The van der Waals surface area contributed by atoms with Crippen LogP contribution in [0, 0.1) is 18.2 Å². The zero-order valence-corrected chi connectivity index (χ0v) is 24.2. The lowest BCUT2D eigenvalue weighted by Gasteiger charge is -2.29. The second-order valence-corrected chi connectivity index (χ2v) is 13.6. The van der Waals surface area contributed by atoms with Gasteiger partial charge in [-0.15, -0.1) is 11.8 Å². The Balaban J connectivity index is 1.69. The van der Waals surface area contributed by atoms with Crippen LogP contribution in [0.3, 0.4) is 0 Å². The summed E-state index contributed by atoms with van der Waals surface area (Å²) in [5.74, 6) is -0.473. The third kappa shape index (κ3) is 5.57. The summed E-state index contributed by atoms with van der Waals surface area (Å²) in [6, 6.07) is 5.65. The van der Waals surface area contributed by atoms with Crippen molar-refractivity contribution in [3.8, 4) is 0 Å². The molecule has 0 radical (unpaired) electrons. The first-order valence-corrected chi connectivity index (χ1v) is 15.2. The van der Waals surface area contributed by atoms with Gasteiger partial charge in [0, 0.05) is 43.5 Å². The second-order valence-electron chi connectivity index (χ2n) is 10.8. The molecular formula is C26H37FN4O5S2. The topological polar surface area (TPSA) is 105 Å². The van der Waals surface area contributed by atoms with E-state index < -0.39 is 33.8 Å². The number of aliphatic hydroxyl groups excluding tert-OH is 1. The number of carbonyl (C=O) groups excluding carboxylic acids is 1. The van der Waals surface area contributed by atoms with Crippen molar-refractivity contribution in [2.45, 2.75) is 75.9 Å². The van der Waals surface area contributed by atoms with Crippen molar-refractivity contribution in [3.63, 3.8) is 0 Å². The Bertz CT molecular complexity index is 1260. The maximum atomic E-state index is 13.7. The van der Waals surface area contributed by atoms with Crippen LogP contribution in [0.4, 0.5) is 4.39 Å². The maximum Gasteiger partial charge on any atom is 0.284 e. The molecule has 3 atom stereocenters. The zero-order chi connectivity index (χ0) is 27.8. The molecule has 12 heteroatoms. The molecule has 38 heavy (non-hydrogen) atoms. The Labute approximate surface area is 228 Å². The van der Waals surface area contributed by atoms with E-state index >= 15 is 0 Å². The SMILES string of the molecule is COCC(C)(C)C(=O)n1nc(C2CC(O)N(S(=O)(=O)N3CCCC3)C2C)c(C)c1SCc1ccc(F)cc1. The van der Waals surface area contributed by atoms with Gasteiger partial charge in [-0.1, -0.05) is 12.1 Å². The van der Waals surface area contributed by atoms with Gasteiger partial charge in [0.2, 0.25) is 0 Å². The molecule has 0 spiro atoms.